The van der Waals surface area contributed by atoms with Gasteiger partial charge in [-0.2, -0.15) is 18.4 Å². The highest BCUT2D eigenvalue weighted by Gasteiger charge is 2.64. The molecule has 2 aromatic rings. The van der Waals surface area contributed by atoms with Gasteiger partial charge in [-0.05, 0) is 61.7 Å². The van der Waals surface area contributed by atoms with Gasteiger partial charge in [0.05, 0.1) is 34.6 Å². The van der Waals surface area contributed by atoms with E-state index in [2.05, 4.69) is 20.6 Å². The second-order valence-corrected chi connectivity index (χ2v) is 11.2. The molecule has 14 heteroatoms. The summed E-state index contributed by atoms with van der Waals surface area (Å²) in [5.74, 6) is -1.04. The van der Waals surface area contributed by atoms with Gasteiger partial charge in [-0.3, -0.25) is 10.3 Å². The van der Waals surface area contributed by atoms with E-state index in [1.807, 2.05) is 12.1 Å². The molecular formula is C26H26ClF4N7OS. The lowest BCUT2D eigenvalue weighted by atomic mass is 10.0. The minimum atomic E-state index is -4.57. The molecule has 6 N–H and O–H groups in total. The Kier molecular flexibility index (Phi) is 8.65. The molecule has 2 aliphatic carbocycles. The van der Waals surface area contributed by atoms with Gasteiger partial charge in [-0.15, -0.1) is 11.6 Å². The summed E-state index contributed by atoms with van der Waals surface area (Å²) in [5, 5.41) is 20.9. The molecule has 1 aromatic heterocycles. The summed E-state index contributed by atoms with van der Waals surface area (Å²) in [7, 11) is -1.64. The molecule has 2 aliphatic rings. The van der Waals surface area contributed by atoms with Gasteiger partial charge in [0.25, 0.3) is 0 Å². The molecule has 8 nitrogen and oxygen atoms in total. The Morgan fingerprint density at radius 2 is 2.08 bits per heavy atom. The van der Waals surface area contributed by atoms with E-state index in [1.165, 1.54) is 6.07 Å². The Bertz CT molecular complexity index is 1460. The third-order valence-electron chi connectivity index (χ3n) is 6.48. The Morgan fingerprint density at radius 3 is 2.70 bits per heavy atom. The number of halogens is 5. The molecule has 4 rings (SSSR count). The molecule has 40 heavy (non-hydrogen) atoms. The Balaban J connectivity index is 1.64. The molecule has 1 saturated carbocycles. The zero-order chi connectivity index (χ0) is 29.2. The van der Waals surface area contributed by atoms with E-state index in [4.69, 9.17) is 22.5 Å². The van der Waals surface area contributed by atoms with Crippen LogP contribution in [0.5, 0.6) is 0 Å². The van der Waals surface area contributed by atoms with Crippen molar-refractivity contribution in [1.82, 2.24) is 10.3 Å². The molecule has 0 bridgehead atoms. The zero-order valence-electron chi connectivity index (χ0n) is 21.2. The maximum atomic E-state index is 13.7. The number of anilines is 1. The SMILES string of the molecule is CC(NCC1=CC(Cl)CC(S(N)=O)=C1)Nc1ccc(-c2ccc(F)cc2C#N)nc1C(N)=NC1(C(F)(F)F)CC1. The topological polar surface area (TPSA) is 142 Å². The second-order valence-electron chi connectivity index (χ2n) is 9.54. The van der Waals surface area contributed by atoms with Crippen LogP contribution in [0.3, 0.4) is 0 Å². The van der Waals surface area contributed by atoms with Crippen LogP contribution in [0, 0.1) is 17.1 Å². The van der Waals surface area contributed by atoms with Gasteiger partial charge in [-0.1, -0.05) is 6.08 Å². The predicted molar refractivity (Wildman–Crippen MR) is 147 cm³/mol. The highest BCUT2D eigenvalue weighted by molar-refractivity contribution is 7.86. The number of nitrogens with two attached hydrogens (primary N) is 2. The average Bonchev–Trinajstić information content (AvgIpc) is 3.68. The predicted octanol–water partition coefficient (Wildman–Crippen LogP) is 4.35. The molecule has 3 unspecified atom stereocenters. The molecule has 0 aliphatic heterocycles. The van der Waals surface area contributed by atoms with Crippen molar-refractivity contribution in [2.75, 3.05) is 11.9 Å². The minimum absolute atomic E-state index is 0.00263. The molecule has 0 saturated heterocycles. The molecule has 0 radical (unpaired) electrons. The van der Waals surface area contributed by atoms with Gasteiger partial charge in [-0.25, -0.2) is 18.7 Å². The normalized spacial score (nSPS) is 20.1. The van der Waals surface area contributed by atoms with Crippen LogP contribution < -0.4 is 21.5 Å². The van der Waals surface area contributed by atoms with Crippen molar-refractivity contribution < 1.29 is 21.8 Å². The van der Waals surface area contributed by atoms with E-state index in [9.17, 15) is 27.0 Å². The van der Waals surface area contributed by atoms with Crippen LogP contribution in [0.25, 0.3) is 11.3 Å². The number of allylic oxidation sites excluding steroid dienone is 2. The van der Waals surface area contributed by atoms with Crippen LogP contribution in [-0.4, -0.2) is 44.8 Å². The van der Waals surface area contributed by atoms with Crippen molar-refractivity contribution in [1.29, 1.82) is 5.26 Å². The summed E-state index contributed by atoms with van der Waals surface area (Å²) in [6, 6.07) is 8.56. The summed E-state index contributed by atoms with van der Waals surface area (Å²) in [6.45, 7) is 2.09. The first-order valence-corrected chi connectivity index (χ1v) is 13.8. The number of nitriles is 1. The molecule has 0 amide bonds. The summed E-state index contributed by atoms with van der Waals surface area (Å²) >= 11 is 6.23. The quantitative estimate of drug-likeness (QED) is 0.112. The minimum Gasteiger partial charge on any atom is -0.382 e. The van der Waals surface area contributed by atoms with Crippen LogP contribution >= 0.6 is 11.6 Å². The van der Waals surface area contributed by atoms with E-state index >= 15 is 0 Å². The zero-order valence-corrected chi connectivity index (χ0v) is 22.8. The number of pyridine rings is 1. The molecule has 1 aromatic carbocycles. The van der Waals surface area contributed by atoms with Crippen molar-refractivity contribution >= 4 is 34.1 Å². The highest BCUT2D eigenvalue weighted by atomic mass is 35.5. The number of hydrogen-bond donors (Lipinski definition) is 4. The van der Waals surface area contributed by atoms with Crippen molar-refractivity contribution in [3.05, 3.63) is 70.0 Å². The Hall–Kier alpha value is -3.31. The van der Waals surface area contributed by atoms with E-state index in [0.29, 0.717) is 17.9 Å². The first kappa shape index (κ1) is 29.7. The number of nitrogens with one attached hydrogen (secondary N) is 2. The fraction of sp³-hybridized carbons (Fsp3) is 0.346. The number of aliphatic imine (C=N–C) groups is 1. The lowest BCUT2D eigenvalue weighted by Gasteiger charge is -2.22. The molecular weight excluding hydrogens is 570 g/mol. The first-order chi connectivity index (χ1) is 18.8. The van der Waals surface area contributed by atoms with Crippen LogP contribution in [-0.2, 0) is 11.0 Å². The average molecular weight is 596 g/mol. The molecule has 0 spiro atoms. The first-order valence-electron chi connectivity index (χ1n) is 12.2. The fourth-order valence-corrected chi connectivity index (χ4v) is 5.25. The maximum absolute atomic E-state index is 13.7. The lowest BCUT2D eigenvalue weighted by molar-refractivity contribution is -0.155. The van der Waals surface area contributed by atoms with Gasteiger partial charge in [0.15, 0.2) is 5.54 Å². The van der Waals surface area contributed by atoms with Gasteiger partial charge in [0.1, 0.15) is 28.3 Å². The van der Waals surface area contributed by atoms with E-state index in [-0.39, 0.29) is 46.4 Å². The largest absolute Gasteiger partial charge is 0.413 e. The molecule has 3 atom stereocenters. The highest BCUT2D eigenvalue weighted by Crippen LogP contribution is 2.52. The summed E-state index contributed by atoms with van der Waals surface area (Å²) in [6.07, 6.45) is -1.50. The van der Waals surface area contributed by atoms with Crippen LogP contribution in [0.4, 0.5) is 23.2 Å². The number of nitrogens with zero attached hydrogens (tertiary/aromatic N) is 3. The number of benzene rings is 1. The van der Waals surface area contributed by atoms with Crippen LogP contribution in [0.2, 0.25) is 0 Å². The van der Waals surface area contributed by atoms with Crippen molar-refractivity contribution in [3.63, 3.8) is 0 Å². The van der Waals surface area contributed by atoms with Crippen molar-refractivity contribution in [3.8, 4) is 17.3 Å². The third-order valence-corrected chi connectivity index (χ3v) is 7.56. The number of alkyl halides is 4. The van der Waals surface area contributed by atoms with Crippen LogP contribution in [0.1, 0.15) is 37.4 Å². The lowest BCUT2D eigenvalue weighted by Crippen LogP contribution is -2.36. The summed E-state index contributed by atoms with van der Waals surface area (Å²) in [4.78, 5) is 8.78. The second kappa shape index (κ2) is 11.7. The van der Waals surface area contributed by atoms with Gasteiger partial charge >= 0.3 is 6.18 Å². The van der Waals surface area contributed by atoms with E-state index in [0.717, 1.165) is 17.7 Å². The summed E-state index contributed by atoms with van der Waals surface area (Å²) in [5.41, 5.74) is 5.36. The third kappa shape index (κ3) is 6.69. The van der Waals surface area contributed by atoms with Crippen molar-refractivity contribution in [2.45, 2.75) is 49.4 Å². The standard InChI is InChI=1S/C26H26ClF4N7OS/c1-14(35-13-15-8-17(27)11-19(9-15)40(34)39)36-22-5-4-21(20-3-2-18(28)10-16(20)12-32)37-23(22)24(33)38-25(6-7-25)26(29,30)31/h2-5,8-10,14,17,35-36H,6-7,11,13,34H2,1H3,(H2,33,38). The number of hydrogen-bond acceptors (Lipinski definition) is 6. The number of aromatic nitrogens is 1. The smallest absolute Gasteiger partial charge is 0.382 e. The molecule has 212 valence electrons. The van der Waals surface area contributed by atoms with Crippen molar-refractivity contribution in [2.24, 2.45) is 15.9 Å². The van der Waals surface area contributed by atoms with Gasteiger partial charge in [0.2, 0.25) is 0 Å². The van der Waals surface area contributed by atoms with Gasteiger partial charge in [0, 0.05) is 23.4 Å². The summed E-state index contributed by atoms with van der Waals surface area (Å²) < 4.78 is 66.2. The van der Waals surface area contributed by atoms with E-state index in [1.54, 1.807) is 25.1 Å². The monoisotopic (exact) mass is 595 g/mol. The molecule has 1 heterocycles. The number of rotatable bonds is 9. The Morgan fingerprint density at radius 1 is 1.35 bits per heavy atom. The van der Waals surface area contributed by atoms with Gasteiger partial charge < -0.3 is 11.1 Å². The van der Waals surface area contributed by atoms with Crippen LogP contribution in [0.15, 0.2) is 58.0 Å². The number of amidine groups is 1. The maximum Gasteiger partial charge on any atom is 0.413 e. The molecule has 1 fully saturated rings. The Labute approximate surface area is 235 Å². The fourth-order valence-electron chi connectivity index (χ4n) is 4.22. The van der Waals surface area contributed by atoms with E-state index < -0.39 is 40.5 Å².